The maximum Gasteiger partial charge on any atom is 0.251 e. The monoisotopic (exact) mass is 240 g/mol. The van der Waals surface area contributed by atoms with E-state index in [4.69, 9.17) is 5.73 Å². The first-order valence-electron chi connectivity index (χ1n) is 5.78. The largest absolute Gasteiger partial charge is 0.319 e. The Morgan fingerprint density at radius 2 is 1.78 bits per heavy atom. The normalized spacial score (nSPS) is 19.8. The maximum atomic E-state index is 11.8. The van der Waals surface area contributed by atoms with Crippen LogP contribution in [0.1, 0.15) is 6.42 Å². The number of hydrogen-bond acceptors (Lipinski definition) is 3. The van der Waals surface area contributed by atoms with Gasteiger partial charge in [-0.15, -0.1) is 0 Å². The summed E-state index contributed by atoms with van der Waals surface area (Å²) in [5.41, 5.74) is 6.19. The molecule has 0 bridgehead atoms. The predicted molar refractivity (Wildman–Crippen MR) is 69.0 cm³/mol. The van der Waals surface area contributed by atoms with E-state index in [-0.39, 0.29) is 18.2 Å². The number of fused-ring (bicyclic) bond motifs is 1. The molecule has 0 aromatic heterocycles. The summed E-state index contributed by atoms with van der Waals surface area (Å²) in [7, 11) is 0. The molecule has 4 heteroatoms. The smallest absolute Gasteiger partial charge is 0.251 e. The minimum absolute atomic E-state index is 0.0889. The van der Waals surface area contributed by atoms with E-state index in [0.29, 0.717) is 5.69 Å². The molecule has 0 spiro atoms. The van der Waals surface area contributed by atoms with Gasteiger partial charge in [0.1, 0.15) is 0 Å². The summed E-state index contributed by atoms with van der Waals surface area (Å²) in [6, 6.07) is 12.6. The van der Waals surface area contributed by atoms with Crippen LogP contribution in [-0.4, -0.2) is 17.9 Å². The molecule has 0 radical (unpaired) electrons. The molecule has 4 nitrogen and oxygen atoms in total. The number of nitrogens with zero attached hydrogens (tertiary/aromatic N) is 1. The second-order valence-corrected chi connectivity index (χ2v) is 4.41. The van der Waals surface area contributed by atoms with Crippen molar-refractivity contribution in [2.75, 3.05) is 4.90 Å². The number of carbonyl (C=O) groups excluding carboxylic acids is 2. The highest BCUT2D eigenvalue weighted by atomic mass is 16.2. The zero-order chi connectivity index (χ0) is 12.7. The Kier molecular flexibility index (Phi) is 2.38. The molecule has 1 heterocycles. The second kappa shape index (κ2) is 3.92. The summed E-state index contributed by atoms with van der Waals surface area (Å²) in [5, 5.41) is 2.07. The number of benzene rings is 2. The van der Waals surface area contributed by atoms with Crippen LogP contribution >= 0.6 is 0 Å². The fourth-order valence-electron chi connectivity index (χ4n) is 2.24. The van der Waals surface area contributed by atoms with Crippen LogP contribution in [0.5, 0.6) is 0 Å². The van der Waals surface area contributed by atoms with Crippen LogP contribution in [0, 0.1) is 0 Å². The van der Waals surface area contributed by atoms with Crippen molar-refractivity contribution in [3.63, 3.8) is 0 Å². The number of amides is 2. The van der Waals surface area contributed by atoms with Crippen LogP contribution in [0.4, 0.5) is 5.69 Å². The predicted octanol–water partition coefficient (Wildman–Crippen LogP) is 1.43. The molecule has 2 amide bonds. The fraction of sp³-hybridized carbons (Fsp3) is 0.143. The van der Waals surface area contributed by atoms with Crippen molar-refractivity contribution in [2.24, 2.45) is 5.73 Å². The number of hydrogen-bond donors (Lipinski definition) is 1. The van der Waals surface area contributed by atoms with Gasteiger partial charge in [0.25, 0.3) is 5.91 Å². The van der Waals surface area contributed by atoms with Gasteiger partial charge in [0.2, 0.25) is 5.91 Å². The molecule has 2 N–H and O–H groups in total. The Morgan fingerprint density at radius 3 is 2.44 bits per heavy atom. The van der Waals surface area contributed by atoms with Crippen molar-refractivity contribution >= 4 is 28.3 Å². The van der Waals surface area contributed by atoms with Gasteiger partial charge in [0.05, 0.1) is 18.2 Å². The Balaban J connectivity index is 2.09. The zero-order valence-electron chi connectivity index (χ0n) is 9.67. The van der Waals surface area contributed by atoms with Crippen molar-refractivity contribution in [3.05, 3.63) is 42.5 Å². The van der Waals surface area contributed by atoms with E-state index in [1.165, 1.54) is 4.90 Å². The SMILES string of the molecule is N[C@H]1CC(=O)N(c2ccc3ccccc3c2)C1=O. The molecule has 1 saturated heterocycles. The van der Waals surface area contributed by atoms with Crippen molar-refractivity contribution in [2.45, 2.75) is 12.5 Å². The highest BCUT2D eigenvalue weighted by molar-refractivity contribution is 6.22. The third-order valence-corrected chi connectivity index (χ3v) is 3.17. The molecular weight excluding hydrogens is 228 g/mol. The standard InChI is InChI=1S/C14H12N2O2/c15-12-8-13(17)16(14(12)18)11-6-5-9-3-1-2-4-10(9)7-11/h1-7,12H,8,15H2/t12-/m0/s1. The first kappa shape index (κ1) is 10.9. The van der Waals surface area contributed by atoms with Crippen LogP contribution in [0.15, 0.2) is 42.5 Å². The third-order valence-electron chi connectivity index (χ3n) is 3.17. The molecule has 2 aromatic carbocycles. The Labute approximate surface area is 104 Å². The summed E-state index contributed by atoms with van der Waals surface area (Å²) >= 11 is 0. The van der Waals surface area contributed by atoms with Gasteiger partial charge in [0, 0.05) is 0 Å². The molecule has 2 aromatic rings. The van der Waals surface area contributed by atoms with E-state index in [1.54, 1.807) is 6.07 Å². The lowest BCUT2D eigenvalue weighted by molar-refractivity contribution is -0.121. The number of rotatable bonds is 1. The molecule has 1 atom stereocenters. The molecular formula is C14H12N2O2. The quantitative estimate of drug-likeness (QED) is 0.767. The summed E-state index contributed by atoms with van der Waals surface area (Å²) < 4.78 is 0. The molecule has 3 rings (SSSR count). The fourth-order valence-corrected chi connectivity index (χ4v) is 2.24. The van der Waals surface area contributed by atoms with Crippen molar-refractivity contribution < 1.29 is 9.59 Å². The number of imide groups is 1. The zero-order valence-corrected chi connectivity index (χ0v) is 9.67. The maximum absolute atomic E-state index is 11.8. The first-order valence-corrected chi connectivity index (χ1v) is 5.78. The lowest BCUT2D eigenvalue weighted by Gasteiger charge is -2.14. The van der Waals surface area contributed by atoms with Gasteiger partial charge in [-0.3, -0.25) is 9.59 Å². The third kappa shape index (κ3) is 1.58. The molecule has 0 saturated carbocycles. The molecule has 0 unspecified atom stereocenters. The highest BCUT2D eigenvalue weighted by Gasteiger charge is 2.37. The van der Waals surface area contributed by atoms with E-state index < -0.39 is 6.04 Å². The molecule has 1 fully saturated rings. The minimum atomic E-state index is -0.705. The van der Waals surface area contributed by atoms with Crippen LogP contribution in [0.25, 0.3) is 10.8 Å². The Hall–Kier alpha value is -2.20. The van der Waals surface area contributed by atoms with E-state index in [2.05, 4.69) is 0 Å². The molecule has 0 aliphatic carbocycles. The first-order chi connectivity index (χ1) is 8.66. The van der Waals surface area contributed by atoms with Crippen LogP contribution < -0.4 is 10.6 Å². The average molecular weight is 240 g/mol. The van der Waals surface area contributed by atoms with E-state index in [9.17, 15) is 9.59 Å². The van der Waals surface area contributed by atoms with Gasteiger partial charge < -0.3 is 5.73 Å². The van der Waals surface area contributed by atoms with Crippen LogP contribution in [-0.2, 0) is 9.59 Å². The number of carbonyl (C=O) groups is 2. The van der Waals surface area contributed by atoms with Gasteiger partial charge in [-0.2, -0.15) is 0 Å². The molecule has 18 heavy (non-hydrogen) atoms. The molecule has 1 aliphatic rings. The van der Waals surface area contributed by atoms with E-state index in [1.807, 2.05) is 36.4 Å². The number of nitrogens with two attached hydrogens (primary N) is 1. The lowest BCUT2D eigenvalue weighted by atomic mass is 10.1. The van der Waals surface area contributed by atoms with Crippen molar-refractivity contribution in [1.29, 1.82) is 0 Å². The highest BCUT2D eigenvalue weighted by Crippen LogP contribution is 2.26. The summed E-state index contributed by atoms with van der Waals surface area (Å²) in [6.07, 6.45) is 0.0889. The lowest BCUT2D eigenvalue weighted by Crippen LogP contribution is -2.35. The number of anilines is 1. The summed E-state index contributed by atoms with van der Waals surface area (Å²) in [4.78, 5) is 24.8. The van der Waals surface area contributed by atoms with Gasteiger partial charge in [0.15, 0.2) is 0 Å². The van der Waals surface area contributed by atoms with Crippen molar-refractivity contribution in [3.8, 4) is 0 Å². The molecule has 1 aliphatic heterocycles. The Bertz CT molecular complexity index is 651. The average Bonchev–Trinajstić information content (AvgIpc) is 2.63. The van der Waals surface area contributed by atoms with E-state index in [0.717, 1.165) is 10.8 Å². The van der Waals surface area contributed by atoms with Crippen LogP contribution in [0.2, 0.25) is 0 Å². The summed E-state index contributed by atoms with van der Waals surface area (Å²) in [6.45, 7) is 0. The van der Waals surface area contributed by atoms with Gasteiger partial charge >= 0.3 is 0 Å². The van der Waals surface area contributed by atoms with E-state index >= 15 is 0 Å². The van der Waals surface area contributed by atoms with Gasteiger partial charge in [-0.25, -0.2) is 4.90 Å². The molecule has 90 valence electrons. The van der Waals surface area contributed by atoms with Gasteiger partial charge in [-0.05, 0) is 22.9 Å². The van der Waals surface area contributed by atoms with Gasteiger partial charge in [-0.1, -0.05) is 30.3 Å². The Morgan fingerprint density at radius 1 is 1.06 bits per heavy atom. The minimum Gasteiger partial charge on any atom is -0.319 e. The topological polar surface area (TPSA) is 63.4 Å². The van der Waals surface area contributed by atoms with Crippen LogP contribution in [0.3, 0.4) is 0 Å². The summed E-state index contributed by atoms with van der Waals surface area (Å²) in [5.74, 6) is -0.557. The van der Waals surface area contributed by atoms with Crippen molar-refractivity contribution in [1.82, 2.24) is 0 Å². The second-order valence-electron chi connectivity index (χ2n) is 4.41.